The molecule has 26 heavy (non-hydrogen) atoms. The van der Waals surface area contributed by atoms with E-state index < -0.39 is 23.9 Å². The van der Waals surface area contributed by atoms with Gasteiger partial charge in [0, 0.05) is 11.5 Å². The average molecular weight is 372 g/mol. The highest BCUT2D eigenvalue weighted by atomic mass is 19.4. The van der Waals surface area contributed by atoms with Crippen molar-refractivity contribution in [3.63, 3.8) is 0 Å². The number of rotatable bonds is 5. The highest BCUT2D eigenvalue weighted by molar-refractivity contribution is 5.70. The number of carbonyl (C=O) groups is 1. The minimum absolute atomic E-state index is 0.0378. The van der Waals surface area contributed by atoms with Crippen molar-refractivity contribution in [2.75, 3.05) is 0 Å². The lowest BCUT2D eigenvalue weighted by molar-refractivity contribution is -0.274. The van der Waals surface area contributed by atoms with E-state index >= 15 is 0 Å². The van der Waals surface area contributed by atoms with Crippen molar-refractivity contribution in [1.82, 2.24) is 10.1 Å². The number of nitrogens with zero attached hydrogens (tertiary/aromatic N) is 2. The molecule has 1 heterocycles. The number of ether oxygens (including phenoxy) is 2. The summed E-state index contributed by atoms with van der Waals surface area (Å²) in [6.07, 6.45) is -4.75. The SMILES string of the molecule is C[C@H](CC(=O)OC(C)(C)C)c1nc(-c2cccc(OC(F)(F)F)c2)no1. The van der Waals surface area contributed by atoms with E-state index in [1.165, 1.54) is 18.2 Å². The normalized spacial score (nSPS) is 13.3. The van der Waals surface area contributed by atoms with E-state index in [1.807, 2.05) is 0 Å². The minimum atomic E-state index is -4.79. The monoisotopic (exact) mass is 372 g/mol. The summed E-state index contributed by atoms with van der Waals surface area (Å²) in [5.74, 6) is -0.911. The Balaban J connectivity index is 2.10. The number of aromatic nitrogens is 2. The molecule has 0 aliphatic carbocycles. The third-order valence-corrected chi connectivity index (χ3v) is 3.08. The van der Waals surface area contributed by atoms with Crippen LogP contribution in [0.3, 0.4) is 0 Å². The van der Waals surface area contributed by atoms with Gasteiger partial charge in [-0.15, -0.1) is 13.2 Å². The zero-order valence-corrected chi connectivity index (χ0v) is 14.8. The van der Waals surface area contributed by atoms with Crippen molar-refractivity contribution in [2.24, 2.45) is 0 Å². The zero-order chi connectivity index (χ0) is 19.5. The van der Waals surface area contributed by atoms with Gasteiger partial charge in [0.25, 0.3) is 0 Å². The van der Waals surface area contributed by atoms with E-state index in [2.05, 4.69) is 14.9 Å². The Labute approximate surface area is 148 Å². The second-order valence-corrected chi connectivity index (χ2v) is 6.72. The van der Waals surface area contributed by atoms with Gasteiger partial charge in [-0.1, -0.05) is 24.2 Å². The molecule has 2 aromatic rings. The maximum absolute atomic E-state index is 12.3. The number of alkyl halides is 3. The standard InChI is InChI=1S/C17H19F3N2O4/c1-10(8-13(23)25-16(2,3)4)15-21-14(22-26-15)11-6-5-7-12(9-11)24-17(18,19)20/h5-7,9-10H,8H2,1-4H3/t10-/m1/s1. The van der Waals surface area contributed by atoms with Crippen LogP contribution in [0.2, 0.25) is 0 Å². The summed E-state index contributed by atoms with van der Waals surface area (Å²) >= 11 is 0. The Morgan fingerprint density at radius 2 is 1.96 bits per heavy atom. The molecule has 0 radical (unpaired) electrons. The van der Waals surface area contributed by atoms with Gasteiger partial charge in [0.15, 0.2) is 0 Å². The molecule has 0 bridgehead atoms. The van der Waals surface area contributed by atoms with Crippen LogP contribution in [-0.2, 0) is 9.53 Å². The molecule has 142 valence electrons. The molecule has 0 fully saturated rings. The number of hydrogen-bond acceptors (Lipinski definition) is 6. The van der Waals surface area contributed by atoms with Gasteiger partial charge in [-0.3, -0.25) is 4.79 Å². The Bertz CT molecular complexity index is 766. The molecule has 1 aromatic heterocycles. The molecular formula is C17H19F3N2O4. The fourth-order valence-electron chi connectivity index (χ4n) is 2.11. The Morgan fingerprint density at radius 1 is 1.27 bits per heavy atom. The summed E-state index contributed by atoms with van der Waals surface area (Å²) in [6, 6.07) is 5.23. The zero-order valence-electron chi connectivity index (χ0n) is 14.8. The van der Waals surface area contributed by atoms with Gasteiger partial charge in [0.2, 0.25) is 11.7 Å². The van der Waals surface area contributed by atoms with Crippen LogP contribution in [0, 0.1) is 0 Å². The third kappa shape index (κ3) is 6.05. The Morgan fingerprint density at radius 3 is 2.58 bits per heavy atom. The molecule has 6 nitrogen and oxygen atoms in total. The highest BCUT2D eigenvalue weighted by Crippen LogP contribution is 2.28. The summed E-state index contributed by atoms with van der Waals surface area (Å²) in [7, 11) is 0. The van der Waals surface area contributed by atoms with Gasteiger partial charge >= 0.3 is 12.3 Å². The van der Waals surface area contributed by atoms with Crippen molar-refractivity contribution in [3.8, 4) is 17.1 Å². The quantitative estimate of drug-likeness (QED) is 0.721. The molecule has 0 spiro atoms. The molecule has 9 heteroatoms. The van der Waals surface area contributed by atoms with Gasteiger partial charge in [-0.05, 0) is 32.9 Å². The number of esters is 1. The Kier molecular flexibility index (Phi) is 5.58. The van der Waals surface area contributed by atoms with Crippen molar-refractivity contribution in [3.05, 3.63) is 30.2 Å². The number of carbonyl (C=O) groups excluding carboxylic acids is 1. The second kappa shape index (κ2) is 7.35. The van der Waals surface area contributed by atoms with Crippen LogP contribution >= 0.6 is 0 Å². The van der Waals surface area contributed by atoms with Crippen LogP contribution in [0.25, 0.3) is 11.4 Å². The van der Waals surface area contributed by atoms with Crippen LogP contribution in [0.15, 0.2) is 28.8 Å². The van der Waals surface area contributed by atoms with Crippen LogP contribution in [0.4, 0.5) is 13.2 Å². The van der Waals surface area contributed by atoms with E-state index in [1.54, 1.807) is 27.7 Å². The Hall–Kier alpha value is -2.58. The average Bonchev–Trinajstić information content (AvgIpc) is 2.93. The van der Waals surface area contributed by atoms with E-state index in [0.717, 1.165) is 6.07 Å². The number of hydrogen-bond donors (Lipinski definition) is 0. The molecular weight excluding hydrogens is 353 g/mol. The lowest BCUT2D eigenvalue weighted by Gasteiger charge is -2.20. The first-order valence-corrected chi connectivity index (χ1v) is 7.84. The fraction of sp³-hybridized carbons (Fsp3) is 0.471. The molecule has 0 saturated carbocycles. The molecule has 1 atom stereocenters. The first kappa shape index (κ1) is 19.7. The van der Waals surface area contributed by atoms with Gasteiger partial charge in [-0.2, -0.15) is 4.98 Å². The number of halogens is 3. The first-order chi connectivity index (χ1) is 11.9. The molecule has 0 saturated heterocycles. The first-order valence-electron chi connectivity index (χ1n) is 7.84. The van der Waals surface area contributed by atoms with Crippen molar-refractivity contribution in [2.45, 2.75) is 52.0 Å². The van der Waals surface area contributed by atoms with Crippen LogP contribution in [0.1, 0.15) is 45.9 Å². The van der Waals surface area contributed by atoms with E-state index in [-0.39, 0.29) is 23.9 Å². The van der Waals surface area contributed by atoms with Gasteiger partial charge in [0.05, 0.1) is 6.42 Å². The van der Waals surface area contributed by atoms with Crippen LogP contribution < -0.4 is 4.74 Å². The maximum atomic E-state index is 12.3. The van der Waals surface area contributed by atoms with Gasteiger partial charge < -0.3 is 14.0 Å². The van der Waals surface area contributed by atoms with Crippen molar-refractivity contribution in [1.29, 1.82) is 0 Å². The van der Waals surface area contributed by atoms with Gasteiger partial charge in [0.1, 0.15) is 11.4 Å². The summed E-state index contributed by atoms with van der Waals surface area (Å²) in [4.78, 5) is 16.0. The molecule has 0 unspecified atom stereocenters. The lowest BCUT2D eigenvalue weighted by Crippen LogP contribution is -2.24. The van der Waals surface area contributed by atoms with Crippen LogP contribution in [-0.4, -0.2) is 28.1 Å². The predicted octanol–water partition coefficient (Wildman–Crippen LogP) is 4.47. The molecule has 2 rings (SSSR count). The largest absolute Gasteiger partial charge is 0.573 e. The van der Waals surface area contributed by atoms with E-state index in [9.17, 15) is 18.0 Å². The summed E-state index contributed by atoms with van der Waals surface area (Å²) in [6.45, 7) is 6.99. The highest BCUT2D eigenvalue weighted by Gasteiger charge is 2.31. The lowest BCUT2D eigenvalue weighted by atomic mass is 10.1. The van der Waals surface area contributed by atoms with Gasteiger partial charge in [-0.25, -0.2) is 0 Å². The van der Waals surface area contributed by atoms with Crippen molar-refractivity contribution >= 4 is 5.97 Å². The summed E-state index contributed by atoms with van der Waals surface area (Å²) < 4.78 is 51.1. The van der Waals surface area contributed by atoms with E-state index in [4.69, 9.17) is 9.26 Å². The predicted molar refractivity (Wildman–Crippen MR) is 85.3 cm³/mol. The third-order valence-electron chi connectivity index (χ3n) is 3.08. The smallest absolute Gasteiger partial charge is 0.460 e. The maximum Gasteiger partial charge on any atom is 0.573 e. The molecule has 0 amide bonds. The van der Waals surface area contributed by atoms with E-state index in [0.29, 0.717) is 5.56 Å². The second-order valence-electron chi connectivity index (χ2n) is 6.72. The van der Waals surface area contributed by atoms with Crippen molar-refractivity contribution < 1.29 is 32.0 Å². The minimum Gasteiger partial charge on any atom is -0.460 e. The molecule has 1 aromatic carbocycles. The molecule has 0 aliphatic heterocycles. The number of benzene rings is 1. The summed E-state index contributed by atoms with van der Waals surface area (Å²) in [5.41, 5.74) is -0.304. The summed E-state index contributed by atoms with van der Waals surface area (Å²) in [5, 5.41) is 3.75. The van der Waals surface area contributed by atoms with Crippen LogP contribution in [0.5, 0.6) is 5.75 Å². The molecule has 0 N–H and O–H groups in total. The topological polar surface area (TPSA) is 74.5 Å². The fourth-order valence-corrected chi connectivity index (χ4v) is 2.11. The molecule has 0 aliphatic rings.